The molecule has 3 N–H and O–H groups in total. The van der Waals surface area contributed by atoms with Crippen molar-refractivity contribution in [3.05, 3.63) is 17.7 Å². The van der Waals surface area contributed by atoms with Gasteiger partial charge in [0.2, 0.25) is 0 Å². The Balaban J connectivity index is 2.36. The van der Waals surface area contributed by atoms with Crippen LogP contribution in [0.25, 0.3) is 0 Å². The van der Waals surface area contributed by atoms with Crippen LogP contribution >= 0.6 is 0 Å². The van der Waals surface area contributed by atoms with E-state index in [1.807, 2.05) is 0 Å². The van der Waals surface area contributed by atoms with Crippen LogP contribution in [-0.4, -0.2) is 32.5 Å². The van der Waals surface area contributed by atoms with Gasteiger partial charge in [0, 0.05) is 11.6 Å². The number of ether oxygens (including phenoxy) is 3. The van der Waals surface area contributed by atoms with Crippen LogP contribution in [-0.2, 0) is 0 Å². The van der Waals surface area contributed by atoms with Crippen LogP contribution in [0.15, 0.2) is 12.1 Å². The van der Waals surface area contributed by atoms with Gasteiger partial charge in [-0.1, -0.05) is 0 Å². The van der Waals surface area contributed by atoms with E-state index in [1.54, 1.807) is 33.5 Å². The lowest BCUT2D eigenvalue weighted by Gasteiger charge is -2.22. The number of rotatable bonds is 6. The van der Waals surface area contributed by atoms with Crippen molar-refractivity contribution in [2.24, 2.45) is 11.7 Å². The van der Waals surface area contributed by atoms with Gasteiger partial charge in [0.05, 0.1) is 33.5 Å². The molecule has 1 aliphatic rings. The van der Waals surface area contributed by atoms with Crippen molar-refractivity contribution in [3.63, 3.8) is 0 Å². The fourth-order valence-electron chi connectivity index (χ4n) is 2.23. The Hall–Kier alpha value is -1.46. The van der Waals surface area contributed by atoms with Crippen LogP contribution < -0.4 is 19.9 Å². The van der Waals surface area contributed by atoms with Crippen LogP contribution in [0.1, 0.15) is 24.4 Å². The van der Waals surface area contributed by atoms with Gasteiger partial charge in [-0.15, -0.1) is 0 Å². The first kappa shape index (κ1) is 14.0. The highest BCUT2D eigenvalue weighted by Gasteiger charge is 2.35. The van der Waals surface area contributed by atoms with E-state index >= 15 is 0 Å². The number of aliphatic hydroxyl groups excluding tert-OH is 1. The molecule has 0 bridgehead atoms. The van der Waals surface area contributed by atoms with Gasteiger partial charge in [0.15, 0.2) is 11.5 Å². The van der Waals surface area contributed by atoms with Crippen LogP contribution in [0.2, 0.25) is 0 Å². The largest absolute Gasteiger partial charge is 0.496 e. The van der Waals surface area contributed by atoms with Gasteiger partial charge in [-0.2, -0.15) is 0 Å². The molecule has 0 amide bonds. The second-order valence-corrected chi connectivity index (χ2v) is 4.80. The second-order valence-electron chi connectivity index (χ2n) is 4.80. The molecule has 0 aliphatic heterocycles. The van der Waals surface area contributed by atoms with Crippen molar-refractivity contribution >= 4 is 0 Å². The number of nitrogens with two attached hydrogens (primary N) is 1. The fraction of sp³-hybridized carbons (Fsp3) is 0.571. The zero-order chi connectivity index (χ0) is 14.0. The van der Waals surface area contributed by atoms with Crippen molar-refractivity contribution in [2.75, 3.05) is 21.3 Å². The molecule has 0 saturated heterocycles. The van der Waals surface area contributed by atoms with E-state index in [1.165, 1.54) is 0 Å². The van der Waals surface area contributed by atoms with Crippen molar-refractivity contribution in [1.82, 2.24) is 0 Å². The van der Waals surface area contributed by atoms with Crippen molar-refractivity contribution in [2.45, 2.75) is 25.0 Å². The summed E-state index contributed by atoms with van der Waals surface area (Å²) in [5.41, 5.74) is 6.88. The third-order valence-electron chi connectivity index (χ3n) is 3.57. The maximum Gasteiger partial charge on any atom is 0.164 e. The van der Waals surface area contributed by atoms with Gasteiger partial charge in [-0.25, -0.2) is 0 Å². The highest BCUT2D eigenvalue weighted by Crippen LogP contribution is 2.42. The fourth-order valence-corrected chi connectivity index (χ4v) is 2.23. The number of aliphatic hydroxyl groups is 1. The molecular weight excluding hydrogens is 246 g/mol. The van der Waals surface area contributed by atoms with E-state index in [0.29, 0.717) is 23.2 Å². The smallest absolute Gasteiger partial charge is 0.164 e. The van der Waals surface area contributed by atoms with Crippen LogP contribution in [0, 0.1) is 5.92 Å². The summed E-state index contributed by atoms with van der Waals surface area (Å²) < 4.78 is 15.8. The first-order valence-electron chi connectivity index (χ1n) is 6.36. The summed E-state index contributed by atoms with van der Waals surface area (Å²) in [5, 5.41) is 10.2. The SMILES string of the molecule is COc1cc(OC)c([C@@H](N)[C@@H](O)C2CC2)cc1OC. The van der Waals surface area contributed by atoms with Gasteiger partial charge < -0.3 is 25.1 Å². The van der Waals surface area contributed by atoms with Gasteiger partial charge in [-0.05, 0) is 24.8 Å². The standard InChI is InChI=1S/C14H21NO4/c1-17-10-7-12(19-3)11(18-2)6-9(10)13(15)14(16)8-4-5-8/h6-8,13-14,16H,4-5,15H2,1-3H3/t13-,14+/m1/s1. The third kappa shape index (κ3) is 2.77. The molecule has 0 unspecified atom stereocenters. The quantitative estimate of drug-likeness (QED) is 0.816. The number of methoxy groups -OCH3 is 3. The van der Waals surface area contributed by atoms with Crippen LogP contribution in [0.4, 0.5) is 0 Å². The molecule has 1 aromatic rings. The van der Waals surface area contributed by atoms with Gasteiger partial charge >= 0.3 is 0 Å². The summed E-state index contributed by atoms with van der Waals surface area (Å²) in [6, 6.07) is 3.02. The predicted molar refractivity (Wildman–Crippen MR) is 71.8 cm³/mol. The lowest BCUT2D eigenvalue weighted by Crippen LogP contribution is -2.28. The highest BCUT2D eigenvalue weighted by molar-refractivity contribution is 5.52. The average Bonchev–Trinajstić information content (AvgIpc) is 3.28. The molecule has 5 heteroatoms. The predicted octanol–water partition coefficient (Wildman–Crippen LogP) is 1.48. The summed E-state index contributed by atoms with van der Waals surface area (Å²) in [5.74, 6) is 2.06. The number of hydrogen-bond acceptors (Lipinski definition) is 5. The van der Waals surface area contributed by atoms with Crippen molar-refractivity contribution in [1.29, 1.82) is 0 Å². The number of hydrogen-bond donors (Lipinski definition) is 2. The highest BCUT2D eigenvalue weighted by atomic mass is 16.5. The minimum absolute atomic E-state index is 0.299. The monoisotopic (exact) mass is 267 g/mol. The topological polar surface area (TPSA) is 73.9 Å². The van der Waals surface area contributed by atoms with Crippen molar-refractivity contribution in [3.8, 4) is 17.2 Å². The summed E-state index contributed by atoms with van der Waals surface area (Å²) in [7, 11) is 4.70. The molecule has 2 atom stereocenters. The lowest BCUT2D eigenvalue weighted by atomic mass is 9.97. The third-order valence-corrected chi connectivity index (χ3v) is 3.57. The maximum absolute atomic E-state index is 10.2. The first-order chi connectivity index (χ1) is 9.12. The molecule has 0 heterocycles. The Bertz CT molecular complexity index is 445. The second kappa shape index (κ2) is 5.67. The summed E-state index contributed by atoms with van der Waals surface area (Å²) in [6.45, 7) is 0. The molecule has 1 aromatic carbocycles. The molecule has 2 rings (SSSR count). The van der Waals surface area contributed by atoms with Gasteiger partial charge in [-0.3, -0.25) is 0 Å². The Morgan fingerprint density at radius 2 is 1.58 bits per heavy atom. The zero-order valence-electron chi connectivity index (χ0n) is 11.6. The number of benzene rings is 1. The van der Waals surface area contributed by atoms with E-state index in [9.17, 15) is 5.11 Å². The van der Waals surface area contributed by atoms with Crippen LogP contribution in [0.3, 0.4) is 0 Å². The van der Waals surface area contributed by atoms with E-state index in [-0.39, 0.29) is 0 Å². The lowest BCUT2D eigenvalue weighted by molar-refractivity contribution is 0.121. The maximum atomic E-state index is 10.2. The molecule has 106 valence electrons. The Morgan fingerprint density at radius 1 is 1.05 bits per heavy atom. The Labute approximate surface area is 113 Å². The summed E-state index contributed by atoms with van der Waals surface area (Å²) in [4.78, 5) is 0. The van der Waals surface area contributed by atoms with E-state index in [0.717, 1.165) is 18.4 Å². The van der Waals surface area contributed by atoms with Gasteiger partial charge in [0.1, 0.15) is 5.75 Å². The van der Waals surface area contributed by atoms with Crippen molar-refractivity contribution < 1.29 is 19.3 Å². The van der Waals surface area contributed by atoms with Gasteiger partial charge in [0.25, 0.3) is 0 Å². The minimum Gasteiger partial charge on any atom is -0.496 e. The molecule has 0 aromatic heterocycles. The molecule has 1 fully saturated rings. The molecule has 5 nitrogen and oxygen atoms in total. The molecule has 1 aliphatic carbocycles. The molecule has 1 saturated carbocycles. The van der Waals surface area contributed by atoms with E-state index < -0.39 is 12.1 Å². The molecule has 0 spiro atoms. The van der Waals surface area contributed by atoms with E-state index in [4.69, 9.17) is 19.9 Å². The first-order valence-corrected chi connectivity index (χ1v) is 6.36. The summed E-state index contributed by atoms with van der Waals surface area (Å²) in [6.07, 6.45) is 1.52. The Kier molecular flexibility index (Phi) is 4.17. The normalized spacial score (nSPS) is 17.7. The molecule has 0 radical (unpaired) electrons. The van der Waals surface area contributed by atoms with Crippen LogP contribution in [0.5, 0.6) is 17.2 Å². The summed E-state index contributed by atoms with van der Waals surface area (Å²) >= 11 is 0. The zero-order valence-corrected chi connectivity index (χ0v) is 11.6. The Morgan fingerprint density at radius 3 is 2.05 bits per heavy atom. The molecular formula is C14H21NO4. The van der Waals surface area contributed by atoms with E-state index in [2.05, 4.69) is 0 Å². The minimum atomic E-state index is -0.549. The molecule has 19 heavy (non-hydrogen) atoms. The average molecular weight is 267 g/mol.